The number of hydrogen-bond acceptors (Lipinski definition) is 3. The van der Waals surface area contributed by atoms with Gasteiger partial charge in [0.25, 0.3) is 0 Å². The van der Waals surface area contributed by atoms with Crippen LogP contribution in [0.2, 0.25) is 0 Å². The van der Waals surface area contributed by atoms with E-state index in [1.165, 1.54) is 4.90 Å². The van der Waals surface area contributed by atoms with Crippen molar-refractivity contribution in [1.82, 2.24) is 14.9 Å². The molecular formula is C18H19F6N3O2. The van der Waals surface area contributed by atoms with Crippen molar-refractivity contribution in [2.24, 2.45) is 0 Å². The number of fused-ring (bicyclic) bond motifs is 1. The minimum absolute atomic E-state index is 0.00631. The smallest absolute Gasteiger partial charge is 0.418 e. The lowest BCUT2D eigenvalue weighted by Gasteiger charge is -2.27. The molecule has 1 aliphatic heterocycles. The third kappa shape index (κ3) is 4.43. The molecule has 29 heavy (non-hydrogen) atoms. The fraction of sp³-hybridized carbons (Fsp3) is 0.556. The van der Waals surface area contributed by atoms with E-state index in [-0.39, 0.29) is 11.9 Å². The first kappa shape index (κ1) is 21.3. The second kappa shape index (κ2) is 6.81. The van der Waals surface area contributed by atoms with Gasteiger partial charge in [0, 0.05) is 6.54 Å². The zero-order valence-corrected chi connectivity index (χ0v) is 15.8. The molecule has 1 aromatic carbocycles. The zero-order valence-electron chi connectivity index (χ0n) is 15.8. The van der Waals surface area contributed by atoms with Crippen molar-refractivity contribution in [2.75, 3.05) is 6.54 Å². The minimum atomic E-state index is -5.02. The van der Waals surface area contributed by atoms with E-state index in [9.17, 15) is 31.1 Å². The highest BCUT2D eigenvalue weighted by Crippen LogP contribution is 2.41. The molecule has 0 aliphatic carbocycles. The van der Waals surface area contributed by atoms with Crippen molar-refractivity contribution in [3.05, 3.63) is 29.1 Å². The molecule has 1 N–H and O–H groups in total. The lowest BCUT2D eigenvalue weighted by Crippen LogP contribution is -2.36. The SMILES string of the molecule is CC(C)(C)OC(=O)N1CCC[C@@H]1c1nc2c(C(F)(F)F)cc(C(F)(F)F)cc2[nH]1. The first-order valence-electron chi connectivity index (χ1n) is 8.84. The number of carbonyl (C=O) groups is 1. The number of amides is 1. The molecule has 0 radical (unpaired) electrons. The highest BCUT2D eigenvalue weighted by atomic mass is 19.4. The van der Waals surface area contributed by atoms with E-state index in [4.69, 9.17) is 4.74 Å². The van der Waals surface area contributed by atoms with Gasteiger partial charge in [-0.2, -0.15) is 26.3 Å². The number of nitrogens with one attached hydrogen (secondary N) is 1. The number of hydrogen-bond donors (Lipinski definition) is 1. The first-order chi connectivity index (χ1) is 13.2. The van der Waals surface area contributed by atoms with Gasteiger partial charge in [-0.05, 0) is 45.7 Å². The molecule has 1 saturated heterocycles. The molecule has 11 heteroatoms. The maximum Gasteiger partial charge on any atom is 0.418 e. The molecule has 0 unspecified atom stereocenters. The number of H-pyrrole nitrogens is 1. The van der Waals surface area contributed by atoms with Crippen LogP contribution in [0, 0.1) is 0 Å². The number of carbonyl (C=O) groups excluding carboxylic acids is 1. The Morgan fingerprint density at radius 1 is 1.14 bits per heavy atom. The molecule has 160 valence electrons. The van der Waals surface area contributed by atoms with Crippen LogP contribution in [0.1, 0.15) is 56.6 Å². The zero-order chi connectivity index (χ0) is 21.8. The Bertz CT molecular complexity index is 927. The Hall–Kier alpha value is -2.46. The minimum Gasteiger partial charge on any atom is -0.444 e. The van der Waals surface area contributed by atoms with Gasteiger partial charge in [-0.25, -0.2) is 9.78 Å². The van der Waals surface area contributed by atoms with Crippen LogP contribution in [0.4, 0.5) is 31.1 Å². The van der Waals surface area contributed by atoms with Crippen LogP contribution in [0.5, 0.6) is 0 Å². The van der Waals surface area contributed by atoms with Crippen molar-refractivity contribution < 1.29 is 35.9 Å². The molecule has 5 nitrogen and oxygen atoms in total. The first-order valence-corrected chi connectivity index (χ1v) is 8.84. The molecule has 0 spiro atoms. The Labute approximate surface area is 162 Å². The number of aromatic amines is 1. The third-order valence-corrected chi connectivity index (χ3v) is 4.43. The second-order valence-electron chi connectivity index (χ2n) is 7.87. The van der Waals surface area contributed by atoms with Gasteiger partial charge in [-0.1, -0.05) is 0 Å². The number of halogens is 6. The van der Waals surface area contributed by atoms with Crippen molar-refractivity contribution in [1.29, 1.82) is 0 Å². The summed E-state index contributed by atoms with van der Waals surface area (Å²) in [6.07, 6.45) is -9.68. The van der Waals surface area contributed by atoms with Gasteiger partial charge in [0.05, 0.1) is 22.7 Å². The van der Waals surface area contributed by atoms with Gasteiger partial charge in [0.15, 0.2) is 0 Å². The number of nitrogens with zero attached hydrogens (tertiary/aromatic N) is 2. The molecule has 1 amide bonds. The summed E-state index contributed by atoms with van der Waals surface area (Å²) in [6.45, 7) is 5.32. The normalized spacial score (nSPS) is 18.5. The Kier molecular flexibility index (Phi) is 4.99. The topological polar surface area (TPSA) is 58.2 Å². The third-order valence-electron chi connectivity index (χ3n) is 4.43. The Morgan fingerprint density at radius 2 is 1.79 bits per heavy atom. The maximum atomic E-state index is 13.4. The Morgan fingerprint density at radius 3 is 2.34 bits per heavy atom. The summed E-state index contributed by atoms with van der Waals surface area (Å²) in [5.41, 5.74) is -4.69. The van der Waals surface area contributed by atoms with Crippen LogP contribution < -0.4 is 0 Å². The number of benzene rings is 1. The maximum absolute atomic E-state index is 13.4. The summed E-state index contributed by atoms with van der Waals surface area (Å²) in [5.74, 6) is -0.00631. The van der Waals surface area contributed by atoms with E-state index in [1.807, 2.05) is 0 Å². The summed E-state index contributed by atoms with van der Waals surface area (Å²) >= 11 is 0. The molecule has 2 aromatic rings. The predicted octanol–water partition coefficient (Wildman–Crippen LogP) is 5.67. The fourth-order valence-corrected chi connectivity index (χ4v) is 3.26. The fourth-order valence-electron chi connectivity index (χ4n) is 3.26. The molecule has 1 fully saturated rings. The average Bonchev–Trinajstić information content (AvgIpc) is 3.16. The average molecular weight is 423 g/mol. The molecule has 1 aliphatic rings. The van der Waals surface area contributed by atoms with Crippen molar-refractivity contribution in [3.8, 4) is 0 Å². The van der Waals surface area contributed by atoms with Gasteiger partial charge in [-0.15, -0.1) is 0 Å². The second-order valence-corrected chi connectivity index (χ2v) is 7.87. The van der Waals surface area contributed by atoms with Crippen molar-refractivity contribution >= 4 is 17.1 Å². The van der Waals surface area contributed by atoms with Crippen LogP contribution in [-0.2, 0) is 17.1 Å². The summed E-state index contributed by atoms with van der Waals surface area (Å²) in [7, 11) is 0. The Balaban J connectivity index is 2.06. The van der Waals surface area contributed by atoms with Crippen LogP contribution in [0.25, 0.3) is 11.0 Å². The molecule has 1 aromatic heterocycles. The number of ether oxygens (including phenoxy) is 1. The molecular weight excluding hydrogens is 404 g/mol. The van der Waals surface area contributed by atoms with Crippen LogP contribution in [-0.4, -0.2) is 33.1 Å². The van der Waals surface area contributed by atoms with Crippen LogP contribution in [0.3, 0.4) is 0 Å². The van der Waals surface area contributed by atoms with E-state index in [0.717, 1.165) is 0 Å². The van der Waals surface area contributed by atoms with Crippen LogP contribution >= 0.6 is 0 Å². The summed E-state index contributed by atoms with van der Waals surface area (Å²) in [4.78, 5) is 20.2. The van der Waals surface area contributed by atoms with Gasteiger partial charge < -0.3 is 9.72 Å². The number of imidazole rings is 1. The number of alkyl halides is 6. The van der Waals surface area contributed by atoms with Gasteiger partial charge in [-0.3, -0.25) is 4.90 Å². The van der Waals surface area contributed by atoms with E-state index in [0.29, 0.717) is 25.5 Å². The molecule has 3 rings (SSSR count). The van der Waals surface area contributed by atoms with E-state index < -0.39 is 52.2 Å². The quantitative estimate of drug-likeness (QED) is 0.601. The lowest BCUT2D eigenvalue weighted by molar-refractivity contribution is -0.142. The monoisotopic (exact) mass is 423 g/mol. The predicted molar refractivity (Wildman–Crippen MR) is 91.0 cm³/mol. The van der Waals surface area contributed by atoms with E-state index >= 15 is 0 Å². The number of aromatic nitrogens is 2. The van der Waals surface area contributed by atoms with Gasteiger partial charge in [0.2, 0.25) is 0 Å². The number of rotatable bonds is 1. The van der Waals surface area contributed by atoms with Gasteiger partial charge in [0.1, 0.15) is 16.9 Å². The van der Waals surface area contributed by atoms with E-state index in [1.54, 1.807) is 20.8 Å². The summed E-state index contributed by atoms with van der Waals surface area (Å²) in [6, 6.07) is -0.0752. The molecule has 0 saturated carbocycles. The van der Waals surface area contributed by atoms with Gasteiger partial charge >= 0.3 is 18.4 Å². The van der Waals surface area contributed by atoms with E-state index in [2.05, 4.69) is 9.97 Å². The highest BCUT2D eigenvalue weighted by Gasteiger charge is 2.40. The lowest BCUT2D eigenvalue weighted by atomic mass is 10.1. The highest BCUT2D eigenvalue weighted by molar-refractivity contribution is 5.81. The molecule has 0 bridgehead atoms. The van der Waals surface area contributed by atoms with Crippen LogP contribution in [0.15, 0.2) is 12.1 Å². The standard InChI is InChI=1S/C18H19F6N3O2/c1-16(2,3)29-15(28)27-6-4-5-12(27)14-25-11-8-9(17(19,20)21)7-10(13(11)26-14)18(22,23)24/h7-8,12H,4-6H2,1-3H3,(H,25,26)/t12-/m1/s1. The summed E-state index contributed by atoms with van der Waals surface area (Å²) < 4.78 is 84.5. The largest absolute Gasteiger partial charge is 0.444 e. The number of likely N-dealkylation sites (tertiary alicyclic amines) is 1. The summed E-state index contributed by atoms with van der Waals surface area (Å²) in [5, 5.41) is 0. The van der Waals surface area contributed by atoms with Crippen molar-refractivity contribution in [3.63, 3.8) is 0 Å². The molecule has 2 heterocycles. The molecule has 1 atom stereocenters. The van der Waals surface area contributed by atoms with Crippen molar-refractivity contribution in [2.45, 2.75) is 57.6 Å².